The number of rotatable bonds is 1. The number of hydrogen-bond acceptors (Lipinski definition) is 3. The van der Waals surface area contributed by atoms with Crippen LogP contribution in [-0.4, -0.2) is 10.7 Å². The molecule has 0 aromatic heterocycles. The van der Waals surface area contributed by atoms with E-state index in [4.69, 9.17) is 0 Å². The Bertz CT molecular complexity index is 307. The quantitative estimate of drug-likeness (QED) is 0.240. The van der Waals surface area contributed by atoms with E-state index in [0.717, 1.165) is 0 Å². The molecule has 0 radical (unpaired) electrons. The molecule has 0 fully saturated rings. The minimum absolute atomic E-state index is 0. The van der Waals surface area contributed by atoms with Crippen molar-refractivity contribution < 1.29 is 61.1 Å². The largest absolute Gasteiger partial charge is 1.00 e. The second-order valence-electron chi connectivity index (χ2n) is 4.02. The maximum atomic E-state index is 11.3. The van der Waals surface area contributed by atoms with Crippen molar-refractivity contribution in [2.75, 3.05) is 0 Å². The molecule has 0 unspecified atom stereocenters. The molecule has 14 heavy (non-hydrogen) atoms. The molecule has 0 amide bonds. The summed E-state index contributed by atoms with van der Waals surface area (Å²) < 4.78 is 0. The molecule has 0 aromatic carbocycles. The third kappa shape index (κ3) is 3.17. The first-order chi connectivity index (χ1) is 5.83. The molecule has 0 saturated heterocycles. The minimum Gasteiger partial charge on any atom is -0.309 e. The molecule has 0 heterocycles. The van der Waals surface area contributed by atoms with Crippen molar-refractivity contribution in [3.05, 3.63) is 27.8 Å². The van der Waals surface area contributed by atoms with Crippen LogP contribution in [0.25, 0.3) is 0 Å². The molecule has 1 rings (SSSR count). The van der Waals surface area contributed by atoms with Crippen LogP contribution in [0, 0.1) is 22.0 Å². The van der Waals surface area contributed by atoms with Gasteiger partial charge in [0, 0.05) is 0 Å². The van der Waals surface area contributed by atoms with Crippen LogP contribution in [0.4, 0.5) is 0 Å². The number of carbonyl (C=O) groups is 1. The fourth-order valence-corrected chi connectivity index (χ4v) is 1.67. The molecule has 0 atom stereocenters. The van der Waals surface area contributed by atoms with Crippen LogP contribution in [0.5, 0.6) is 0 Å². The van der Waals surface area contributed by atoms with Crippen LogP contribution in [0.3, 0.4) is 0 Å². The van der Waals surface area contributed by atoms with Crippen LogP contribution in [0.1, 0.15) is 27.2 Å². The molecule has 4 nitrogen and oxygen atoms in total. The summed E-state index contributed by atoms with van der Waals surface area (Å²) in [5.41, 5.74) is -0.0219. The van der Waals surface area contributed by atoms with Crippen molar-refractivity contribution in [3.63, 3.8) is 0 Å². The van der Waals surface area contributed by atoms with Crippen molar-refractivity contribution in [3.8, 4) is 0 Å². The molecule has 5 heteroatoms. The molecule has 1 aliphatic rings. The number of nitrogens with zero attached hydrogens (tertiary/aromatic N) is 1. The maximum absolute atomic E-state index is 11.3. The van der Waals surface area contributed by atoms with Gasteiger partial charge in [0.15, 0.2) is 5.70 Å². The average molecular weight is 221 g/mol. The van der Waals surface area contributed by atoms with Gasteiger partial charge in [-0.3, -0.25) is 10.1 Å². The zero-order chi connectivity index (χ0) is 10.2. The van der Waals surface area contributed by atoms with Gasteiger partial charge >= 0.3 is 51.4 Å². The molecule has 0 bridgehead atoms. The second-order valence-corrected chi connectivity index (χ2v) is 4.02. The minimum atomic E-state index is -0.594. The predicted octanol–water partition coefficient (Wildman–Crippen LogP) is -1.26. The molecule has 72 valence electrons. The fourth-order valence-electron chi connectivity index (χ4n) is 1.67. The Morgan fingerprint density at radius 2 is 2.00 bits per heavy atom. The summed E-state index contributed by atoms with van der Waals surface area (Å²) >= 11 is 0. The van der Waals surface area contributed by atoms with E-state index >= 15 is 0 Å². The third-order valence-electron chi connectivity index (χ3n) is 2.04. The van der Waals surface area contributed by atoms with Gasteiger partial charge in [-0.05, 0) is 11.3 Å². The monoisotopic (exact) mass is 221 g/mol. The van der Waals surface area contributed by atoms with Crippen LogP contribution in [0.15, 0.2) is 11.3 Å². The van der Waals surface area contributed by atoms with Gasteiger partial charge in [0.2, 0.25) is 0 Å². The van der Waals surface area contributed by atoms with Gasteiger partial charge in [-0.15, -0.1) is 5.57 Å². The van der Waals surface area contributed by atoms with Crippen molar-refractivity contribution in [2.24, 2.45) is 5.41 Å². The molecule has 0 saturated carbocycles. The normalized spacial score (nSPS) is 19.8. The summed E-state index contributed by atoms with van der Waals surface area (Å²) in [5, 5.41) is 10.5. The molecule has 1 aliphatic carbocycles. The Morgan fingerprint density at radius 3 is 2.36 bits per heavy atom. The first kappa shape index (κ1) is 14.3. The van der Waals surface area contributed by atoms with Crippen molar-refractivity contribution in [1.82, 2.24) is 0 Å². The SMILES string of the molecule is CC1=C([N+](=O)[O-])C(=O)CC(C)(C)[CH-]1.[K+]. The van der Waals surface area contributed by atoms with E-state index in [1.807, 2.05) is 13.8 Å². The van der Waals surface area contributed by atoms with Gasteiger partial charge in [0.05, 0.1) is 0 Å². The van der Waals surface area contributed by atoms with Crippen molar-refractivity contribution >= 4 is 5.78 Å². The van der Waals surface area contributed by atoms with Gasteiger partial charge in [-0.25, -0.2) is 6.42 Å². The van der Waals surface area contributed by atoms with Gasteiger partial charge in [-0.2, -0.15) is 0 Å². The van der Waals surface area contributed by atoms with Crippen LogP contribution in [0.2, 0.25) is 0 Å². The molecule has 0 N–H and O–H groups in total. The Morgan fingerprint density at radius 1 is 1.50 bits per heavy atom. The molecular weight excluding hydrogens is 209 g/mol. The van der Waals surface area contributed by atoms with E-state index < -0.39 is 4.92 Å². The molecule has 0 aromatic rings. The first-order valence-electron chi connectivity index (χ1n) is 4.08. The summed E-state index contributed by atoms with van der Waals surface area (Å²) in [7, 11) is 0. The van der Waals surface area contributed by atoms with E-state index in [9.17, 15) is 14.9 Å². The molecule has 0 aliphatic heterocycles. The second kappa shape index (κ2) is 4.89. The average Bonchev–Trinajstić information content (AvgIpc) is 1.78. The number of allylic oxidation sites excluding steroid dienone is 2. The predicted molar refractivity (Wildman–Crippen MR) is 47.4 cm³/mol. The number of Topliss-reactive ketones (excluding diaryl/α,β-unsaturated/α-hetero) is 1. The van der Waals surface area contributed by atoms with E-state index in [1.54, 1.807) is 13.3 Å². The summed E-state index contributed by atoms with van der Waals surface area (Å²) in [6.45, 7) is 5.40. The first-order valence-corrected chi connectivity index (χ1v) is 4.08. The number of nitro groups is 1. The van der Waals surface area contributed by atoms with E-state index in [-0.39, 0.29) is 74.7 Å². The summed E-state index contributed by atoms with van der Waals surface area (Å²) in [6.07, 6.45) is 2.01. The number of ketones is 1. The van der Waals surface area contributed by atoms with Gasteiger partial charge in [-0.1, -0.05) is 26.2 Å². The van der Waals surface area contributed by atoms with Gasteiger partial charge < -0.3 is 4.79 Å². The van der Waals surface area contributed by atoms with Gasteiger partial charge in [0.25, 0.3) is 0 Å². The molecular formula is C9H12KNO3. The molecule has 0 spiro atoms. The van der Waals surface area contributed by atoms with Gasteiger partial charge in [0.1, 0.15) is 5.78 Å². The topological polar surface area (TPSA) is 60.2 Å². The van der Waals surface area contributed by atoms with E-state index in [0.29, 0.717) is 5.57 Å². The van der Waals surface area contributed by atoms with Crippen molar-refractivity contribution in [1.29, 1.82) is 0 Å². The summed E-state index contributed by atoms with van der Waals surface area (Å²) in [6, 6.07) is 0. The standard InChI is InChI=1S/C9H12NO3.K/c1-6-4-9(2,3)5-7(11)8(6)10(12)13;/h4H,5H2,1-3H3;/q-1;+1. The van der Waals surface area contributed by atoms with Crippen LogP contribution >= 0.6 is 0 Å². The fraction of sp³-hybridized carbons (Fsp3) is 0.556. The van der Waals surface area contributed by atoms with Crippen LogP contribution < -0.4 is 51.4 Å². The van der Waals surface area contributed by atoms with E-state index in [2.05, 4.69) is 0 Å². The Kier molecular flexibility index (Phi) is 5.00. The smallest absolute Gasteiger partial charge is 0.309 e. The third-order valence-corrected chi connectivity index (χ3v) is 2.04. The van der Waals surface area contributed by atoms with E-state index in [1.165, 1.54) is 0 Å². The maximum Gasteiger partial charge on any atom is 1.00 e. The van der Waals surface area contributed by atoms with Crippen LogP contribution in [-0.2, 0) is 4.79 Å². The zero-order valence-electron chi connectivity index (χ0n) is 8.96. The van der Waals surface area contributed by atoms with Crippen molar-refractivity contribution in [2.45, 2.75) is 27.2 Å². The number of carbonyl (C=O) groups excluding carboxylic acids is 1. The Hall–Kier alpha value is 0.316. The number of hydrogen-bond donors (Lipinski definition) is 0. The summed E-state index contributed by atoms with van der Waals surface area (Å²) in [4.78, 5) is 21.2. The summed E-state index contributed by atoms with van der Waals surface area (Å²) in [5.74, 6) is -0.366. The Labute approximate surface area is 126 Å². The Balaban J connectivity index is 0.00000169. The zero-order valence-corrected chi connectivity index (χ0v) is 12.1.